The van der Waals surface area contributed by atoms with Gasteiger partial charge in [0, 0.05) is 17.3 Å². The Bertz CT molecular complexity index is 707. The molecule has 0 saturated heterocycles. The zero-order valence-electron chi connectivity index (χ0n) is 14.8. The normalized spacial score (nSPS) is 17.2. The summed E-state index contributed by atoms with van der Waals surface area (Å²) in [6.45, 7) is 8.88. The molecular weight excluding hydrogens is 316 g/mol. The monoisotopic (exact) mass is 343 g/mol. The molecule has 3 nitrogen and oxygen atoms in total. The van der Waals surface area contributed by atoms with Crippen LogP contribution in [0, 0.1) is 12.8 Å². The molecule has 0 bridgehead atoms. The van der Waals surface area contributed by atoms with Crippen molar-refractivity contribution in [3.05, 3.63) is 57.3 Å². The fourth-order valence-corrected chi connectivity index (χ4v) is 4.38. The first kappa shape index (κ1) is 17.2. The van der Waals surface area contributed by atoms with E-state index >= 15 is 0 Å². The largest absolute Gasteiger partial charge is 0.338 e. The van der Waals surface area contributed by atoms with Gasteiger partial charge in [-0.2, -0.15) is 0 Å². The summed E-state index contributed by atoms with van der Waals surface area (Å²) in [6.07, 6.45) is 0.977. The van der Waals surface area contributed by atoms with Crippen LogP contribution in [0.25, 0.3) is 0 Å². The van der Waals surface area contributed by atoms with E-state index < -0.39 is 0 Å². The van der Waals surface area contributed by atoms with Gasteiger partial charge in [0.1, 0.15) is 0 Å². The van der Waals surface area contributed by atoms with E-state index in [1.165, 1.54) is 21.6 Å². The third-order valence-corrected chi connectivity index (χ3v) is 5.72. The third-order valence-electron chi connectivity index (χ3n) is 4.73. The van der Waals surface area contributed by atoms with Gasteiger partial charge in [-0.05, 0) is 41.5 Å². The summed E-state index contributed by atoms with van der Waals surface area (Å²) < 4.78 is 0. The van der Waals surface area contributed by atoms with Gasteiger partial charge in [0.15, 0.2) is 6.54 Å². The molecule has 1 amide bonds. The van der Waals surface area contributed by atoms with E-state index in [0.29, 0.717) is 12.5 Å². The van der Waals surface area contributed by atoms with Crippen LogP contribution in [0.1, 0.15) is 41.5 Å². The minimum atomic E-state index is 0.0705. The van der Waals surface area contributed by atoms with Gasteiger partial charge in [0.05, 0.1) is 12.6 Å². The van der Waals surface area contributed by atoms with E-state index in [-0.39, 0.29) is 11.9 Å². The second-order valence-corrected chi connectivity index (χ2v) is 8.02. The summed E-state index contributed by atoms with van der Waals surface area (Å²) in [5.41, 5.74) is 3.83. The number of fused-ring (bicyclic) bond motifs is 1. The summed E-state index contributed by atoms with van der Waals surface area (Å²) in [7, 11) is 0. The maximum atomic E-state index is 12.9. The van der Waals surface area contributed by atoms with Crippen molar-refractivity contribution >= 4 is 17.2 Å². The number of carbonyl (C=O) groups is 1. The Labute approximate surface area is 148 Å². The van der Waals surface area contributed by atoms with Gasteiger partial charge in [-0.25, -0.2) is 0 Å². The van der Waals surface area contributed by atoms with Gasteiger partial charge >= 0.3 is 0 Å². The van der Waals surface area contributed by atoms with Crippen LogP contribution < -0.4 is 5.32 Å². The molecule has 4 heteroatoms. The first-order valence-corrected chi connectivity index (χ1v) is 9.68. The van der Waals surface area contributed by atoms with E-state index in [2.05, 4.69) is 66.7 Å². The molecule has 1 atom stereocenters. The Balaban J connectivity index is 1.88. The van der Waals surface area contributed by atoms with Crippen LogP contribution in [-0.4, -0.2) is 30.4 Å². The molecule has 0 radical (unpaired) electrons. The number of amides is 1. The summed E-state index contributed by atoms with van der Waals surface area (Å²) >= 11 is 1.82. The van der Waals surface area contributed by atoms with Gasteiger partial charge < -0.3 is 10.2 Å². The molecule has 0 fully saturated rings. The number of carbonyl (C=O) groups excluding carboxylic acids is 1. The van der Waals surface area contributed by atoms with E-state index in [0.717, 1.165) is 19.5 Å². The highest BCUT2D eigenvalue weighted by molar-refractivity contribution is 7.10. The summed E-state index contributed by atoms with van der Waals surface area (Å²) in [5, 5.41) is 4.31. The molecule has 0 saturated carbocycles. The van der Waals surface area contributed by atoms with Gasteiger partial charge in [-0.1, -0.05) is 38.1 Å². The molecular formula is C20H27N2OS+. The van der Waals surface area contributed by atoms with E-state index in [9.17, 15) is 4.79 Å². The number of hydrogen-bond donors (Lipinski definition) is 1. The number of nitrogens with two attached hydrogens (primary N) is 1. The lowest BCUT2D eigenvalue weighted by Crippen LogP contribution is -2.87. The topological polar surface area (TPSA) is 36.9 Å². The van der Waals surface area contributed by atoms with E-state index in [1.807, 2.05) is 11.3 Å². The summed E-state index contributed by atoms with van der Waals surface area (Å²) in [4.78, 5) is 16.4. The predicted molar refractivity (Wildman–Crippen MR) is 99.3 cm³/mol. The molecule has 2 heterocycles. The third kappa shape index (κ3) is 3.55. The lowest BCUT2D eigenvalue weighted by Gasteiger charge is -2.36. The summed E-state index contributed by atoms with van der Waals surface area (Å²) in [6, 6.07) is 10.7. The molecule has 1 aliphatic rings. The number of nitrogens with zero attached hydrogens (tertiary/aromatic N) is 1. The predicted octanol–water partition coefficient (Wildman–Crippen LogP) is 2.75. The number of quaternary nitrogens is 1. The molecule has 2 N–H and O–H groups in total. The second kappa shape index (κ2) is 7.49. The van der Waals surface area contributed by atoms with Gasteiger partial charge in [-0.3, -0.25) is 4.79 Å². The minimum absolute atomic E-state index is 0.0705. The van der Waals surface area contributed by atoms with Crippen LogP contribution in [0.3, 0.4) is 0 Å². The number of aryl methyl sites for hydroxylation is 1. The molecule has 1 aromatic carbocycles. The Kier molecular flexibility index (Phi) is 5.36. The van der Waals surface area contributed by atoms with Crippen LogP contribution in [-0.2, 0) is 11.2 Å². The number of benzene rings is 1. The van der Waals surface area contributed by atoms with E-state index in [1.54, 1.807) is 0 Å². The SMILES string of the molecule is Cc1ccccc1[C@@H]1c2ccsc2CCN1C(=O)C[NH2+]CC(C)C. The molecule has 0 unspecified atom stereocenters. The Morgan fingerprint density at radius 3 is 2.83 bits per heavy atom. The Hall–Kier alpha value is -1.65. The number of rotatable bonds is 5. The molecule has 1 aliphatic heterocycles. The molecule has 0 aliphatic carbocycles. The van der Waals surface area contributed by atoms with Gasteiger partial charge in [0.25, 0.3) is 5.91 Å². The van der Waals surface area contributed by atoms with Crippen molar-refractivity contribution < 1.29 is 10.1 Å². The van der Waals surface area contributed by atoms with Crippen LogP contribution in [0.4, 0.5) is 0 Å². The van der Waals surface area contributed by atoms with Crippen LogP contribution in [0.5, 0.6) is 0 Å². The highest BCUT2D eigenvalue weighted by atomic mass is 32.1. The first-order valence-electron chi connectivity index (χ1n) is 8.81. The Morgan fingerprint density at radius 2 is 2.08 bits per heavy atom. The van der Waals surface area contributed by atoms with Crippen molar-refractivity contribution in [3.8, 4) is 0 Å². The fourth-order valence-electron chi connectivity index (χ4n) is 3.47. The average molecular weight is 344 g/mol. The average Bonchev–Trinajstić information content (AvgIpc) is 3.02. The molecule has 128 valence electrons. The summed E-state index contributed by atoms with van der Waals surface area (Å²) in [5.74, 6) is 0.857. The highest BCUT2D eigenvalue weighted by Gasteiger charge is 2.33. The first-order chi connectivity index (χ1) is 11.6. The van der Waals surface area contributed by atoms with E-state index in [4.69, 9.17) is 0 Å². The lowest BCUT2D eigenvalue weighted by atomic mass is 9.90. The van der Waals surface area contributed by atoms with Crippen molar-refractivity contribution in [1.82, 2.24) is 4.90 Å². The Morgan fingerprint density at radius 1 is 1.29 bits per heavy atom. The second-order valence-electron chi connectivity index (χ2n) is 7.02. The maximum Gasteiger partial charge on any atom is 0.278 e. The van der Waals surface area contributed by atoms with Crippen LogP contribution >= 0.6 is 11.3 Å². The zero-order chi connectivity index (χ0) is 17.1. The van der Waals surface area contributed by atoms with Crippen molar-refractivity contribution in [2.24, 2.45) is 5.92 Å². The zero-order valence-corrected chi connectivity index (χ0v) is 15.6. The van der Waals surface area contributed by atoms with Crippen molar-refractivity contribution in [3.63, 3.8) is 0 Å². The molecule has 24 heavy (non-hydrogen) atoms. The smallest absolute Gasteiger partial charge is 0.278 e. The number of thiophene rings is 1. The molecule has 0 spiro atoms. The molecule has 1 aromatic heterocycles. The van der Waals surface area contributed by atoms with Gasteiger partial charge in [-0.15, -0.1) is 11.3 Å². The lowest BCUT2D eigenvalue weighted by molar-refractivity contribution is -0.649. The van der Waals surface area contributed by atoms with Crippen LogP contribution in [0.15, 0.2) is 35.7 Å². The van der Waals surface area contributed by atoms with Crippen molar-refractivity contribution in [2.45, 2.75) is 33.2 Å². The quantitative estimate of drug-likeness (QED) is 0.890. The molecule has 3 rings (SSSR count). The van der Waals surface area contributed by atoms with Crippen molar-refractivity contribution in [2.75, 3.05) is 19.6 Å². The molecule has 2 aromatic rings. The van der Waals surface area contributed by atoms with Gasteiger partial charge in [0.2, 0.25) is 0 Å². The maximum absolute atomic E-state index is 12.9. The number of hydrogen-bond acceptors (Lipinski definition) is 2. The van der Waals surface area contributed by atoms with Crippen LogP contribution in [0.2, 0.25) is 0 Å². The van der Waals surface area contributed by atoms with Crippen molar-refractivity contribution in [1.29, 1.82) is 0 Å². The minimum Gasteiger partial charge on any atom is -0.338 e. The highest BCUT2D eigenvalue weighted by Crippen LogP contribution is 2.38. The standard InChI is InChI=1S/C20H26N2OS/c1-14(2)12-21-13-19(23)22-10-8-18-17(9-11-24-18)20(22)16-7-5-4-6-15(16)3/h4-7,9,11,14,20-21H,8,10,12-13H2,1-3H3/p+1/t20-/m1/s1. The fraction of sp³-hybridized carbons (Fsp3) is 0.450.